The molecule has 0 unspecified atom stereocenters. The second-order valence-electron chi connectivity index (χ2n) is 6.56. The summed E-state index contributed by atoms with van der Waals surface area (Å²) in [6, 6.07) is 15.0. The molecule has 134 valence electrons. The SMILES string of the molecule is Oc1ccc(N2CC[NH+](Cc3ncc(-c4ccc(Cl)cc4)o3)CC2)cc1. The van der Waals surface area contributed by atoms with Gasteiger partial charge in [0.25, 0.3) is 5.89 Å². The van der Waals surface area contributed by atoms with Crippen molar-refractivity contribution in [3.63, 3.8) is 0 Å². The van der Waals surface area contributed by atoms with Crippen LogP contribution in [-0.2, 0) is 6.54 Å². The Morgan fingerprint density at radius 1 is 1.04 bits per heavy atom. The van der Waals surface area contributed by atoms with Gasteiger partial charge < -0.3 is 19.3 Å². The van der Waals surface area contributed by atoms with Crippen LogP contribution in [0.25, 0.3) is 11.3 Å². The molecule has 2 N–H and O–H groups in total. The molecule has 2 heterocycles. The fourth-order valence-electron chi connectivity index (χ4n) is 3.27. The largest absolute Gasteiger partial charge is 0.508 e. The summed E-state index contributed by atoms with van der Waals surface area (Å²) >= 11 is 5.93. The maximum atomic E-state index is 9.41. The number of nitrogens with zero attached hydrogens (tertiary/aromatic N) is 2. The van der Waals surface area contributed by atoms with Crippen molar-refractivity contribution in [1.82, 2.24) is 4.98 Å². The van der Waals surface area contributed by atoms with E-state index >= 15 is 0 Å². The maximum Gasteiger partial charge on any atom is 0.250 e. The minimum absolute atomic E-state index is 0.304. The van der Waals surface area contributed by atoms with Gasteiger partial charge in [-0.1, -0.05) is 11.6 Å². The zero-order valence-corrected chi connectivity index (χ0v) is 15.1. The van der Waals surface area contributed by atoms with Crippen LogP contribution in [0.1, 0.15) is 5.89 Å². The summed E-state index contributed by atoms with van der Waals surface area (Å²) in [5, 5.41) is 10.1. The number of rotatable bonds is 4. The van der Waals surface area contributed by atoms with E-state index in [9.17, 15) is 5.11 Å². The van der Waals surface area contributed by atoms with E-state index in [-0.39, 0.29) is 0 Å². The van der Waals surface area contributed by atoms with Crippen molar-refractivity contribution in [3.8, 4) is 17.1 Å². The van der Waals surface area contributed by atoms with Gasteiger partial charge in [0.1, 0.15) is 5.75 Å². The van der Waals surface area contributed by atoms with E-state index in [0.717, 1.165) is 55.6 Å². The lowest BCUT2D eigenvalue weighted by Crippen LogP contribution is -3.13. The first-order valence-electron chi connectivity index (χ1n) is 8.75. The summed E-state index contributed by atoms with van der Waals surface area (Å²) in [5.74, 6) is 1.85. The molecule has 1 fully saturated rings. The molecule has 1 aliphatic heterocycles. The smallest absolute Gasteiger partial charge is 0.250 e. The molecule has 0 spiro atoms. The number of oxazole rings is 1. The second kappa shape index (κ2) is 7.40. The van der Waals surface area contributed by atoms with Gasteiger partial charge in [0, 0.05) is 16.3 Å². The number of hydrogen-bond donors (Lipinski definition) is 2. The Kier molecular flexibility index (Phi) is 4.82. The highest BCUT2D eigenvalue weighted by Crippen LogP contribution is 2.22. The summed E-state index contributed by atoms with van der Waals surface area (Å²) in [6.45, 7) is 4.80. The number of aromatic nitrogens is 1. The van der Waals surface area contributed by atoms with Gasteiger partial charge in [-0.3, -0.25) is 0 Å². The Morgan fingerprint density at radius 2 is 1.73 bits per heavy atom. The van der Waals surface area contributed by atoms with Crippen LogP contribution in [0.2, 0.25) is 5.02 Å². The first kappa shape index (κ1) is 16.9. The van der Waals surface area contributed by atoms with Gasteiger partial charge in [-0.2, -0.15) is 0 Å². The lowest BCUT2D eigenvalue weighted by molar-refractivity contribution is -0.915. The van der Waals surface area contributed by atoms with Gasteiger partial charge >= 0.3 is 0 Å². The van der Waals surface area contributed by atoms with Crippen LogP contribution in [0.15, 0.2) is 59.1 Å². The number of anilines is 1. The van der Waals surface area contributed by atoms with Crippen molar-refractivity contribution >= 4 is 17.3 Å². The lowest BCUT2D eigenvalue weighted by Gasteiger charge is -2.33. The first-order chi connectivity index (χ1) is 12.7. The third-order valence-corrected chi connectivity index (χ3v) is 5.02. The highest BCUT2D eigenvalue weighted by molar-refractivity contribution is 6.30. The summed E-state index contributed by atoms with van der Waals surface area (Å²) in [5.41, 5.74) is 2.14. The quantitative estimate of drug-likeness (QED) is 0.741. The van der Waals surface area contributed by atoms with E-state index in [1.165, 1.54) is 4.90 Å². The molecule has 0 saturated carbocycles. The number of aromatic hydroxyl groups is 1. The molecule has 26 heavy (non-hydrogen) atoms. The molecule has 1 saturated heterocycles. The number of nitrogens with one attached hydrogen (secondary N) is 1. The van der Waals surface area contributed by atoms with E-state index in [1.807, 2.05) is 36.4 Å². The van der Waals surface area contributed by atoms with Crippen molar-refractivity contribution in [3.05, 3.63) is 65.6 Å². The molecule has 0 aliphatic carbocycles. The number of hydrogen-bond acceptors (Lipinski definition) is 4. The minimum Gasteiger partial charge on any atom is -0.508 e. The summed E-state index contributed by atoms with van der Waals surface area (Å²) in [6.07, 6.45) is 1.78. The van der Waals surface area contributed by atoms with E-state index in [2.05, 4.69) is 9.88 Å². The van der Waals surface area contributed by atoms with Gasteiger partial charge in [-0.25, -0.2) is 4.98 Å². The molecule has 0 bridgehead atoms. The maximum absolute atomic E-state index is 9.41. The van der Waals surface area contributed by atoms with E-state index < -0.39 is 0 Å². The number of quaternary nitrogens is 1. The number of benzene rings is 2. The molecule has 3 aromatic rings. The van der Waals surface area contributed by atoms with Crippen LogP contribution in [0.5, 0.6) is 5.75 Å². The van der Waals surface area contributed by atoms with Gasteiger partial charge in [0.2, 0.25) is 0 Å². The van der Waals surface area contributed by atoms with Gasteiger partial charge in [0.05, 0.1) is 32.4 Å². The molecule has 2 aromatic carbocycles. The average Bonchev–Trinajstić information content (AvgIpc) is 3.12. The van der Waals surface area contributed by atoms with Crippen LogP contribution in [-0.4, -0.2) is 36.3 Å². The van der Waals surface area contributed by atoms with Gasteiger partial charge in [0.15, 0.2) is 12.3 Å². The summed E-state index contributed by atoms with van der Waals surface area (Å²) in [4.78, 5) is 8.24. The van der Waals surface area contributed by atoms with Crippen LogP contribution in [0.3, 0.4) is 0 Å². The topological polar surface area (TPSA) is 53.9 Å². The molecule has 0 radical (unpaired) electrons. The van der Waals surface area contributed by atoms with Crippen molar-refractivity contribution in [1.29, 1.82) is 0 Å². The third kappa shape index (κ3) is 3.84. The van der Waals surface area contributed by atoms with Crippen molar-refractivity contribution in [2.45, 2.75) is 6.54 Å². The van der Waals surface area contributed by atoms with E-state index in [4.69, 9.17) is 16.0 Å². The normalized spacial score (nSPS) is 15.3. The average molecular weight is 371 g/mol. The second-order valence-corrected chi connectivity index (χ2v) is 6.99. The molecular formula is C20H21ClN3O2+. The summed E-state index contributed by atoms with van der Waals surface area (Å²) < 4.78 is 5.92. The van der Waals surface area contributed by atoms with Crippen molar-refractivity contribution < 1.29 is 14.4 Å². The fraction of sp³-hybridized carbons (Fsp3) is 0.250. The van der Waals surface area contributed by atoms with Crippen LogP contribution in [0.4, 0.5) is 5.69 Å². The predicted octanol–water partition coefficient (Wildman–Crippen LogP) is 2.61. The van der Waals surface area contributed by atoms with Crippen LogP contribution in [0, 0.1) is 0 Å². The highest BCUT2D eigenvalue weighted by Gasteiger charge is 2.22. The predicted molar refractivity (Wildman–Crippen MR) is 102 cm³/mol. The standard InChI is InChI=1S/C20H20ClN3O2/c21-16-3-1-15(2-4-16)19-13-22-20(26-19)14-23-9-11-24(12-10-23)17-5-7-18(25)8-6-17/h1-8,13,25H,9-12,14H2/p+1. The first-order valence-corrected chi connectivity index (χ1v) is 9.13. The monoisotopic (exact) mass is 370 g/mol. The van der Waals surface area contributed by atoms with Crippen LogP contribution < -0.4 is 9.80 Å². The molecule has 1 aliphatic rings. The van der Waals surface area contributed by atoms with E-state index in [1.54, 1.807) is 18.3 Å². The Bertz CT molecular complexity index is 854. The van der Waals surface area contributed by atoms with Gasteiger partial charge in [-0.15, -0.1) is 0 Å². The molecular weight excluding hydrogens is 350 g/mol. The Morgan fingerprint density at radius 3 is 2.42 bits per heavy atom. The Labute approximate surface area is 157 Å². The number of piperazine rings is 1. The lowest BCUT2D eigenvalue weighted by atomic mass is 10.2. The Balaban J connectivity index is 1.34. The number of phenols is 1. The highest BCUT2D eigenvalue weighted by atomic mass is 35.5. The van der Waals surface area contributed by atoms with E-state index in [0.29, 0.717) is 10.8 Å². The molecule has 4 rings (SSSR count). The molecule has 6 heteroatoms. The third-order valence-electron chi connectivity index (χ3n) is 4.77. The van der Waals surface area contributed by atoms with Crippen molar-refractivity contribution in [2.24, 2.45) is 0 Å². The Hall–Kier alpha value is -2.50. The molecule has 0 amide bonds. The molecule has 0 atom stereocenters. The molecule has 1 aromatic heterocycles. The van der Waals surface area contributed by atoms with Crippen LogP contribution >= 0.6 is 11.6 Å². The molecule has 5 nitrogen and oxygen atoms in total. The summed E-state index contributed by atoms with van der Waals surface area (Å²) in [7, 11) is 0. The number of halogens is 1. The zero-order chi connectivity index (χ0) is 17.9. The van der Waals surface area contributed by atoms with Crippen molar-refractivity contribution in [2.75, 3.05) is 31.1 Å². The number of phenolic OH excluding ortho intramolecular Hbond substituents is 1. The fourth-order valence-corrected chi connectivity index (χ4v) is 3.40. The zero-order valence-electron chi connectivity index (χ0n) is 14.4. The van der Waals surface area contributed by atoms with Gasteiger partial charge in [-0.05, 0) is 48.5 Å². The minimum atomic E-state index is 0.304.